The average molecular weight is 323 g/mol. The Labute approximate surface area is 141 Å². The summed E-state index contributed by atoms with van der Waals surface area (Å²) in [5, 5.41) is 6.32. The number of amides is 2. The molecule has 3 rings (SSSR count). The van der Waals surface area contributed by atoms with E-state index in [1.54, 1.807) is 6.07 Å². The minimum absolute atomic E-state index is 0.411. The van der Waals surface area contributed by atoms with Crippen LogP contribution in [0.3, 0.4) is 0 Å². The van der Waals surface area contributed by atoms with Crippen LogP contribution in [0.4, 0.5) is 5.69 Å². The van der Waals surface area contributed by atoms with Crippen LogP contribution in [0.15, 0.2) is 42.5 Å². The van der Waals surface area contributed by atoms with Crippen LogP contribution in [0.5, 0.6) is 0 Å². The summed E-state index contributed by atoms with van der Waals surface area (Å²) >= 11 is 0. The number of fused-ring (bicyclic) bond motifs is 1. The Morgan fingerprint density at radius 1 is 1.17 bits per heavy atom. The molecule has 2 amide bonds. The van der Waals surface area contributed by atoms with Crippen molar-refractivity contribution >= 4 is 28.4 Å². The molecule has 2 N–H and O–H groups in total. The second kappa shape index (κ2) is 7.25. The highest BCUT2D eigenvalue weighted by Crippen LogP contribution is 2.21. The van der Waals surface area contributed by atoms with Gasteiger partial charge in [0, 0.05) is 17.6 Å². The lowest BCUT2D eigenvalue weighted by atomic mass is 9.94. The van der Waals surface area contributed by atoms with Gasteiger partial charge in [0.25, 0.3) is 0 Å². The number of aryl methyl sites for hydroxylation is 1. The SMILES string of the molecule is Cc1ccc2cccc(NC(=O)C(=O)NC[C@@H]3CC=CCC3)c2n1. The summed E-state index contributed by atoms with van der Waals surface area (Å²) in [7, 11) is 0. The van der Waals surface area contributed by atoms with Crippen molar-refractivity contribution in [2.75, 3.05) is 11.9 Å². The first-order chi connectivity index (χ1) is 11.6. The fourth-order valence-electron chi connectivity index (χ4n) is 2.88. The monoisotopic (exact) mass is 323 g/mol. The molecule has 5 heteroatoms. The van der Waals surface area contributed by atoms with Gasteiger partial charge in [-0.2, -0.15) is 0 Å². The van der Waals surface area contributed by atoms with Crippen LogP contribution in [-0.2, 0) is 9.59 Å². The number of nitrogens with one attached hydrogen (secondary N) is 2. The molecule has 0 saturated carbocycles. The molecule has 24 heavy (non-hydrogen) atoms. The number of hydrogen-bond acceptors (Lipinski definition) is 3. The summed E-state index contributed by atoms with van der Waals surface area (Å²) in [5.41, 5.74) is 2.10. The van der Waals surface area contributed by atoms with Crippen molar-refractivity contribution in [2.45, 2.75) is 26.2 Å². The largest absolute Gasteiger partial charge is 0.348 e. The first-order valence-electron chi connectivity index (χ1n) is 8.24. The molecule has 0 radical (unpaired) electrons. The number of pyridine rings is 1. The summed E-state index contributed by atoms with van der Waals surface area (Å²) in [6, 6.07) is 9.38. The maximum atomic E-state index is 12.1. The molecule has 0 fully saturated rings. The third-order valence-corrected chi connectivity index (χ3v) is 4.24. The molecule has 124 valence electrons. The second-order valence-corrected chi connectivity index (χ2v) is 6.14. The zero-order valence-corrected chi connectivity index (χ0v) is 13.7. The minimum atomic E-state index is -0.655. The third-order valence-electron chi connectivity index (χ3n) is 4.24. The van der Waals surface area contributed by atoms with Gasteiger partial charge in [0.1, 0.15) is 0 Å². The van der Waals surface area contributed by atoms with E-state index in [2.05, 4.69) is 27.8 Å². The summed E-state index contributed by atoms with van der Waals surface area (Å²) < 4.78 is 0. The highest BCUT2D eigenvalue weighted by Gasteiger charge is 2.17. The van der Waals surface area contributed by atoms with Gasteiger partial charge >= 0.3 is 11.8 Å². The Bertz CT molecular complexity index is 798. The second-order valence-electron chi connectivity index (χ2n) is 6.14. The van der Waals surface area contributed by atoms with Gasteiger partial charge in [-0.05, 0) is 44.2 Å². The Balaban J connectivity index is 1.65. The van der Waals surface area contributed by atoms with Crippen molar-refractivity contribution in [3.8, 4) is 0 Å². The Kier molecular flexibility index (Phi) is 4.89. The van der Waals surface area contributed by atoms with Crippen LogP contribution in [-0.4, -0.2) is 23.3 Å². The van der Waals surface area contributed by atoms with Crippen molar-refractivity contribution in [3.05, 3.63) is 48.2 Å². The molecule has 1 heterocycles. The Morgan fingerprint density at radius 3 is 2.83 bits per heavy atom. The van der Waals surface area contributed by atoms with E-state index in [0.717, 1.165) is 30.3 Å². The van der Waals surface area contributed by atoms with Gasteiger partial charge < -0.3 is 10.6 Å². The molecular formula is C19H21N3O2. The molecule has 1 aliphatic rings. The van der Waals surface area contributed by atoms with Crippen LogP contribution in [0.2, 0.25) is 0 Å². The normalized spacial score (nSPS) is 16.8. The van der Waals surface area contributed by atoms with Gasteiger partial charge in [0.05, 0.1) is 11.2 Å². The fourth-order valence-corrected chi connectivity index (χ4v) is 2.88. The van der Waals surface area contributed by atoms with Crippen LogP contribution in [0.25, 0.3) is 10.9 Å². The summed E-state index contributed by atoms with van der Waals surface area (Å²) in [5.74, 6) is -0.847. The van der Waals surface area contributed by atoms with E-state index in [-0.39, 0.29) is 0 Å². The number of para-hydroxylation sites is 1. The van der Waals surface area contributed by atoms with E-state index < -0.39 is 11.8 Å². The standard InChI is InChI=1S/C19H21N3O2/c1-13-10-11-15-8-5-9-16(17(15)21-13)22-19(24)18(23)20-12-14-6-3-2-4-7-14/h2-3,5,8-11,14H,4,6-7,12H2,1H3,(H,20,23)(H,22,24)/t14-/m1/s1. The topological polar surface area (TPSA) is 71.1 Å². The molecule has 0 bridgehead atoms. The number of aromatic nitrogens is 1. The third kappa shape index (κ3) is 3.79. The molecule has 1 atom stereocenters. The van der Waals surface area contributed by atoms with Gasteiger partial charge in [0.15, 0.2) is 0 Å². The van der Waals surface area contributed by atoms with Crippen LogP contribution in [0, 0.1) is 12.8 Å². The first-order valence-corrected chi connectivity index (χ1v) is 8.24. The van der Waals surface area contributed by atoms with E-state index in [9.17, 15) is 9.59 Å². The zero-order valence-electron chi connectivity index (χ0n) is 13.7. The molecule has 5 nitrogen and oxygen atoms in total. The number of benzene rings is 1. The Morgan fingerprint density at radius 2 is 2.04 bits per heavy atom. The van der Waals surface area contributed by atoms with Gasteiger partial charge in [-0.15, -0.1) is 0 Å². The molecule has 0 unspecified atom stereocenters. The van der Waals surface area contributed by atoms with Crippen molar-refractivity contribution in [3.63, 3.8) is 0 Å². The van der Waals surface area contributed by atoms with E-state index in [0.29, 0.717) is 23.7 Å². The maximum absolute atomic E-state index is 12.1. The molecule has 0 aliphatic heterocycles. The van der Waals surface area contributed by atoms with Crippen molar-refractivity contribution in [1.82, 2.24) is 10.3 Å². The number of carbonyl (C=O) groups excluding carboxylic acids is 2. The zero-order chi connectivity index (χ0) is 16.9. The molecular weight excluding hydrogens is 302 g/mol. The van der Waals surface area contributed by atoms with Gasteiger partial charge in [0.2, 0.25) is 0 Å². The van der Waals surface area contributed by atoms with E-state index in [1.807, 2.05) is 31.2 Å². The van der Waals surface area contributed by atoms with E-state index in [4.69, 9.17) is 0 Å². The quantitative estimate of drug-likeness (QED) is 0.674. The fraction of sp³-hybridized carbons (Fsp3) is 0.316. The average Bonchev–Trinajstić information content (AvgIpc) is 2.61. The van der Waals surface area contributed by atoms with Crippen LogP contribution >= 0.6 is 0 Å². The summed E-state index contributed by atoms with van der Waals surface area (Å²) in [6.45, 7) is 2.42. The van der Waals surface area contributed by atoms with Crippen LogP contribution in [0.1, 0.15) is 25.0 Å². The minimum Gasteiger partial charge on any atom is -0.348 e. The van der Waals surface area contributed by atoms with E-state index >= 15 is 0 Å². The van der Waals surface area contributed by atoms with Crippen molar-refractivity contribution in [2.24, 2.45) is 5.92 Å². The molecule has 1 aromatic heterocycles. The van der Waals surface area contributed by atoms with Gasteiger partial charge in [-0.1, -0.05) is 30.4 Å². The number of carbonyl (C=O) groups is 2. The van der Waals surface area contributed by atoms with Crippen molar-refractivity contribution < 1.29 is 9.59 Å². The summed E-state index contributed by atoms with van der Waals surface area (Å²) in [4.78, 5) is 28.6. The lowest BCUT2D eigenvalue weighted by Crippen LogP contribution is -2.38. The molecule has 1 aliphatic carbocycles. The highest BCUT2D eigenvalue weighted by atomic mass is 16.2. The predicted molar refractivity (Wildman–Crippen MR) is 94.6 cm³/mol. The molecule has 0 spiro atoms. The predicted octanol–water partition coefficient (Wildman–Crippen LogP) is 2.95. The lowest BCUT2D eigenvalue weighted by molar-refractivity contribution is -0.136. The molecule has 0 saturated heterocycles. The van der Waals surface area contributed by atoms with Gasteiger partial charge in [-0.3, -0.25) is 14.6 Å². The van der Waals surface area contributed by atoms with E-state index in [1.165, 1.54) is 0 Å². The number of allylic oxidation sites excluding steroid dienone is 2. The summed E-state index contributed by atoms with van der Waals surface area (Å²) in [6.07, 6.45) is 7.32. The maximum Gasteiger partial charge on any atom is 0.313 e. The number of anilines is 1. The van der Waals surface area contributed by atoms with Gasteiger partial charge in [-0.25, -0.2) is 0 Å². The number of hydrogen-bond donors (Lipinski definition) is 2. The number of rotatable bonds is 3. The Hall–Kier alpha value is -2.69. The smallest absolute Gasteiger partial charge is 0.313 e. The first kappa shape index (κ1) is 16.2. The lowest BCUT2D eigenvalue weighted by Gasteiger charge is -2.17. The van der Waals surface area contributed by atoms with Crippen LogP contribution < -0.4 is 10.6 Å². The molecule has 1 aromatic carbocycles. The van der Waals surface area contributed by atoms with Crippen molar-refractivity contribution in [1.29, 1.82) is 0 Å². The molecule has 2 aromatic rings. The number of nitrogens with zero attached hydrogens (tertiary/aromatic N) is 1. The highest BCUT2D eigenvalue weighted by molar-refractivity contribution is 6.40.